The molecular weight excluding hydrogens is 404 g/mol. The Morgan fingerprint density at radius 1 is 1.28 bits per heavy atom. The van der Waals surface area contributed by atoms with Crippen molar-refractivity contribution in [1.82, 2.24) is 20.6 Å². The molecule has 0 aliphatic carbocycles. The van der Waals surface area contributed by atoms with Crippen molar-refractivity contribution in [2.24, 2.45) is 10.9 Å². The van der Waals surface area contributed by atoms with Gasteiger partial charge in [0.05, 0.1) is 5.69 Å². The Morgan fingerprint density at radius 2 is 2.06 bits per heavy atom. The van der Waals surface area contributed by atoms with E-state index < -0.39 is 0 Å². The molecule has 1 saturated heterocycles. The summed E-state index contributed by atoms with van der Waals surface area (Å²) >= 11 is 0. The van der Waals surface area contributed by atoms with Crippen LogP contribution in [0.2, 0.25) is 0 Å². The van der Waals surface area contributed by atoms with Gasteiger partial charge in [-0.3, -0.25) is 4.79 Å². The van der Waals surface area contributed by atoms with E-state index in [4.69, 9.17) is 0 Å². The van der Waals surface area contributed by atoms with Crippen LogP contribution in [-0.2, 0) is 4.79 Å². The Balaban J connectivity index is 1.57. The summed E-state index contributed by atoms with van der Waals surface area (Å²) in [6.45, 7) is 7.15. The topological polar surface area (TPSA) is 103 Å². The van der Waals surface area contributed by atoms with Gasteiger partial charge >= 0.3 is 0 Å². The number of hydrogen-bond donors (Lipinski definition) is 3. The van der Waals surface area contributed by atoms with Crippen LogP contribution in [0.1, 0.15) is 43.4 Å². The molecule has 2 aromatic rings. The molecule has 0 bridgehead atoms. The minimum absolute atomic E-state index is 0.136. The largest absolute Gasteiger partial charge is 0.396 e. The molecule has 8 nitrogen and oxygen atoms in total. The Kier molecular flexibility index (Phi) is 7.12. The summed E-state index contributed by atoms with van der Waals surface area (Å²) in [5, 5.41) is 15.9. The smallest absolute Gasteiger partial charge is 0.265 e. The number of para-hydroxylation sites is 1. The minimum Gasteiger partial charge on any atom is -0.396 e. The predicted molar refractivity (Wildman–Crippen MR) is 126 cm³/mol. The number of carbonyl (C=O) groups excluding carboxylic acids is 1. The van der Waals surface area contributed by atoms with Crippen molar-refractivity contribution in [2.75, 3.05) is 37.7 Å². The number of anilines is 2. The zero-order valence-corrected chi connectivity index (χ0v) is 18.8. The van der Waals surface area contributed by atoms with Gasteiger partial charge in [-0.2, -0.15) is 0 Å². The standard InChI is InChI=1S/C24H32N6O2/c1-16-22(29-17(2)24(32)26-13-18-7-10-25-11-8-18)23(28-15-27-16)30-14-19(9-12-31)20-5-3-4-6-21(20)30/h3-6,15,18-19,25,31H,7-14H2,1-2H3,(H,26,32)/b29-17+. The first-order chi connectivity index (χ1) is 15.6. The van der Waals surface area contributed by atoms with E-state index in [1.165, 1.54) is 11.9 Å². The van der Waals surface area contributed by atoms with Crippen molar-refractivity contribution >= 4 is 28.8 Å². The van der Waals surface area contributed by atoms with Crippen molar-refractivity contribution in [3.63, 3.8) is 0 Å². The lowest BCUT2D eigenvalue weighted by molar-refractivity contribution is -0.115. The van der Waals surface area contributed by atoms with Gasteiger partial charge in [0.1, 0.15) is 17.7 Å². The molecule has 0 spiro atoms. The molecule has 2 aliphatic heterocycles. The maximum Gasteiger partial charge on any atom is 0.265 e. The lowest BCUT2D eigenvalue weighted by Gasteiger charge is -2.23. The minimum atomic E-state index is -0.155. The van der Waals surface area contributed by atoms with E-state index in [1.807, 2.05) is 19.1 Å². The molecule has 1 aromatic heterocycles. The number of benzene rings is 1. The number of carbonyl (C=O) groups is 1. The lowest BCUT2D eigenvalue weighted by Crippen LogP contribution is -2.38. The van der Waals surface area contributed by atoms with E-state index in [0.29, 0.717) is 42.6 Å². The van der Waals surface area contributed by atoms with Crippen molar-refractivity contribution in [3.05, 3.63) is 41.9 Å². The van der Waals surface area contributed by atoms with Gasteiger partial charge in [-0.1, -0.05) is 18.2 Å². The average molecular weight is 437 g/mol. The Morgan fingerprint density at radius 3 is 2.84 bits per heavy atom. The fraction of sp³-hybridized carbons (Fsp3) is 0.500. The second-order valence-electron chi connectivity index (χ2n) is 8.61. The molecule has 32 heavy (non-hydrogen) atoms. The number of nitrogens with zero attached hydrogens (tertiary/aromatic N) is 4. The summed E-state index contributed by atoms with van der Waals surface area (Å²) in [7, 11) is 0. The summed E-state index contributed by atoms with van der Waals surface area (Å²) < 4.78 is 0. The first-order valence-corrected chi connectivity index (χ1v) is 11.4. The van der Waals surface area contributed by atoms with Crippen molar-refractivity contribution in [1.29, 1.82) is 0 Å². The van der Waals surface area contributed by atoms with E-state index in [9.17, 15) is 9.90 Å². The van der Waals surface area contributed by atoms with Gasteiger partial charge in [0.15, 0.2) is 5.82 Å². The zero-order chi connectivity index (χ0) is 22.5. The van der Waals surface area contributed by atoms with Crippen LogP contribution in [0.4, 0.5) is 17.2 Å². The monoisotopic (exact) mass is 436 g/mol. The highest BCUT2D eigenvalue weighted by Gasteiger charge is 2.31. The lowest BCUT2D eigenvalue weighted by atomic mass is 9.98. The third-order valence-electron chi connectivity index (χ3n) is 6.41. The van der Waals surface area contributed by atoms with Gasteiger partial charge < -0.3 is 20.6 Å². The van der Waals surface area contributed by atoms with Gasteiger partial charge in [-0.05, 0) is 63.7 Å². The molecule has 170 valence electrons. The maximum absolute atomic E-state index is 12.7. The van der Waals surface area contributed by atoms with Crippen LogP contribution < -0.4 is 15.5 Å². The third-order valence-corrected chi connectivity index (χ3v) is 6.41. The molecule has 1 unspecified atom stereocenters. The molecular formula is C24H32N6O2. The quantitative estimate of drug-likeness (QED) is 0.577. The summed E-state index contributed by atoms with van der Waals surface area (Å²) in [5.74, 6) is 1.27. The summed E-state index contributed by atoms with van der Waals surface area (Å²) in [6.07, 6.45) is 4.39. The molecule has 1 amide bonds. The molecule has 3 heterocycles. The number of amides is 1. The molecule has 0 saturated carbocycles. The number of aromatic nitrogens is 2. The van der Waals surface area contributed by atoms with Crippen molar-refractivity contribution in [3.8, 4) is 0 Å². The maximum atomic E-state index is 12.7. The van der Waals surface area contributed by atoms with Crippen LogP contribution in [0.25, 0.3) is 0 Å². The molecule has 4 rings (SSSR count). The fourth-order valence-electron chi connectivity index (χ4n) is 4.55. The zero-order valence-electron chi connectivity index (χ0n) is 18.8. The van der Waals surface area contributed by atoms with Gasteiger partial charge in [-0.15, -0.1) is 0 Å². The first kappa shape index (κ1) is 22.4. The summed E-state index contributed by atoms with van der Waals surface area (Å²) in [6, 6.07) is 8.19. The molecule has 2 aliphatic rings. The van der Waals surface area contributed by atoms with E-state index in [-0.39, 0.29) is 18.4 Å². The number of rotatable bonds is 7. The highest BCUT2D eigenvalue weighted by molar-refractivity contribution is 6.38. The van der Waals surface area contributed by atoms with Crippen LogP contribution in [0, 0.1) is 12.8 Å². The number of aliphatic hydroxyl groups excluding tert-OH is 1. The van der Waals surface area contributed by atoms with E-state index in [1.54, 1.807) is 6.92 Å². The van der Waals surface area contributed by atoms with Crippen LogP contribution in [0.3, 0.4) is 0 Å². The second-order valence-corrected chi connectivity index (χ2v) is 8.61. The summed E-state index contributed by atoms with van der Waals surface area (Å²) in [4.78, 5) is 28.4. The number of aliphatic hydroxyl groups is 1. The SMILES string of the molecule is C/C(=N\c1c(C)ncnc1N1CC(CCO)c2ccccc21)C(=O)NCC1CCNCC1. The number of fused-ring (bicyclic) bond motifs is 1. The number of aliphatic imine (C=N–C) groups is 1. The van der Waals surface area contributed by atoms with E-state index in [2.05, 4.69) is 42.6 Å². The predicted octanol–water partition coefficient (Wildman–Crippen LogP) is 2.61. The van der Waals surface area contributed by atoms with Gasteiger partial charge in [-0.25, -0.2) is 15.0 Å². The molecule has 8 heteroatoms. The molecule has 3 N–H and O–H groups in total. The van der Waals surface area contributed by atoms with Crippen LogP contribution in [-0.4, -0.2) is 59.5 Å². The van der Waals surface area contributed by atoms with Crippen LogP contribution in [0.15, 0.2) is 35.6 Å². The normalized spacial score (nSPS) is 19.2. The highest BCUT2D eigenvalue weighted by Crippen LogP contribution is 2.44. The Hall–Kier alpha value is -2.84. The second kappa shape index (κ2) is 10.2. The average Bonchev–Trinajstić information content (AvgIpc) is 3.18. The molecule has 1 fully saturated rings. The molecule has 1 atom stereocenters. The fourth-order valence-corrected chi connectivity index (χ4v) is 4.55. The van der Waals surface area contributed by atoms with Crippen molar-refractivity contribution < 1.29 is 9.90 Å². The third kappa shape index (κ3) is 4.81. The number of piperidine rings is 1. The first-order valence-electron chi connectivity index (χ1n) is 11.4. The highest BCUT2D eigenvalue weighted by atomic mass is 16.3. The van der Waals surface area contributed by atoms with Crippen molar-refractivity contribution in [2.45, 2.75) is 39.0 Å². The van der Waals surface area contributed by atoms with E-state index >= 15 is 0 Å². The van der Waals surface area contributed by atoms with E-state index in [0.717, 1.165) is 37.3 Å². The molecule has 1 aromatic carbocycles. The van der Waals surface area contributed by atoms with Gasteiger partial charge in [0, 0.05) is 31.3 Å². The Labute approximate surface area is 189 Å². The molecule has 0 radical (unpaired) electrons. The van der Waals surface area contributed by atoms with Gasteiger partial charge in [0.25, 0.3) is 5.91 Å². The number of nitrogens with one attached hydrogen (secondary N) is 2. The Bertz CT molecular complexity index is 986. The van der Waals surface area contributed by atoms with Gasteiger partial charge in [0.2, 0.25) is 0 Å². The number of hydrogen-bond acceptors (Lipinski definition) is 7. The number of aryl methyl sites for hydroxylation is 1. The van der Waals surface area contributed by atoms with Crippen LogP contribution >= 0.6 is 0 Å². The van der Waals surface area contributed by atoms with Crippen LogP contribution in [0.5, 0.6) is 0 Å². The summed E-state index contributed by atoms with van der Waals surface area (Å²) in [5.41, 5.74) is 4.00.